The van der Waals surface area contributed by atoms with Crippen molar-refractivity contribution in [3.05, 3.63) is 23.8 Å². The van der Waals surface area contributed by atoms with E-state index in [9.17, 15) is 0 Å². The van der Waals surface area contributed by atoms with Gasteiger partial charge in [-0.25, -0.2) is 0 Å². The molecule has 3 heteroatoms. The van der Waals surface area contributed by atoms with E-state index < -0.39 is 0 Å². The van der Waals surface area contributed by atoms with Crippen LogP contribution in [-0.4, -0.2) is 38.8 Å². The zero-order valence-electron chi connectivity index (χ0n) is 9.77. The molecule has 0 amide bonds. The molecule has 2 heterocycles. The zero-order valence-corrected chi connectivity index (χ0v) is 9.77. The fourth-order valence-electron chi connectivity index (χ4n) is 2.97. The minimum absolute atomic E-state index is 0.574. The van der Waals surface area contributed by atoms with Crippen LogP contribution in [0.15, 0.2) is 18.2 Å². The van der Waals surface area contributed by atoms with Crippen molar-refractivity contribution in [3.8, 4) is 11.5 Å². The second-order valence-electron chi connectivity index (χ2n) is 4.77. The van der Waals surface area contributed by atoms with Crippen molar-refractivity contribution in [1.82, 2.24) is 4.90 Å². The predicted octanol–water partition coefficient (Wildman–Crippen LogP) is 1.73. The number of hydrogen-bond donors (Lipinski definition) is 0. The van der Waals surface area contributed by atoms with E-state index in [1.807, 2.05) is 18.2 Å². The van der Waals surface area contributed by atoms with E-state index in [1.165, 1.54) is 5.56 Å². The van der Waals surface area contributed by atoms with E-state index in [1.54, 1.807) is 7.11 Å². The van der Waals surface area contributed by atoms with E-state index in [-0.39, 0.29) is 0 Å². The topological polar surface area (TPSA) is 21.7 Å². The molecule has 1 saturated heterocycles. The Hall–Kier alpha value is -1.22. The minimum atomic E-state index is 0.574. The van der Waals surface area contributed by atoms with Gasteiger partial charge in [0.2, 0.25) is 0 Å². The monoisotopic (exact) mass is 219 g/mol. The summed E-state index contributed by atoms with van der Waals surface area (Å²) in [5.41, 5.74) is 1.27. The average Bonchev–Trinajstić information content (AvgIpc) is 2.68. The molecule has 0 aromatic heterocycles. The summed E-state index contributed by atoms with van der Waals surface area (Å²) >= 11 is 0. The maximum Gasteiger partial charge on any atom is 0.126 e. The molecule has 2 aliphatic rings. The van der Waals surface area contributed by atoms with Crippen LogP contribution in [0.2, 0.25) is 0 Å². The average molecular weight is 219 g/mol. The second kappa shape index (κ2) is 3.67. The molecule has 0 saturated carbocycles. The van der Waals surface area contributed by atoms with Crippen molar-refractivity contribution in [3.63, 3.8) is 0 Å². The molecule has 1 aromatic rings. The van der Waals surface area contributed by atoms with Crippen LogP contribution in [0.3, 0.4) is 0 Å². The molecular formula is C13H17NO2. The summed E-state index contributed by atoms with van der Waals surface area (Å²) in [5, 5.41) is 0. The van der Waals surface area contributed by atoms with Crippen LogP contribution in [0.1, 0.15) is 11.5 Å². The van der Waals surface area contributed by atoms with Gasteiger partial charge in [0.05, 0.1) is 13.7 Å². The maximum atomic E-state index is 5.82. The highest BCUT2D eigenvalue weighted by molar-refractivity contribution is 5.49. The lowest BCUT2D eigenvalue weighted by Gasteiger charge is -2.29. The van der Waals surface area contributed by atoms with Crippen LogP contribution in [0.4, 0.5) is 0 Å². The fourth-order valence-corrected chi connectivity index (χ4v) is 2.97. The number of benzene rings is 1. The molecule has 0 unspecified atom stereocenters. The van der Waals surface area contributed by atoms with Gasteiger partial charge in [0, 0.05) is 30.5 Å². The Kier molecular flexibility index (Phi) is 2.28. The summed E-state index contributed by atoms with van der Waals surface area (Å²) in [6, 6.07) is 6.08. The molecular weight excluding hydrogens is 202 g/mol. The van der Waals surface area contributed by atoms with E-state index in [0.717, 1.165) is 31.2 Å². The van der Waals surface area contributed by atoms with Gasteiger partial charge in [-0.2, -0.15) is 0 Å². The highest BCUT2D eigenvalue weighted by Gasteiger charge is 2.39. The first kappa shape index (κ1) is 9.97. The fraction of sp³-hybridized carbons (Fsp3) is 0.538. The predicted molar refractivity (Wildman–Crippen MR) is 62.2 cm³/mol. The quantitative estimate of drug-likeness (QED) is 0.718. The summed E-state index contributed by atoms with van der Waals surface area (Å²) in [5.74, 6) is 3.18. The molecule has 16 heavy (non-hydrogen) atoms. The minimum Gasteiger partial charge on any atom is -0.496 e. The Labute approximate surface area is 96.0 Å². The van der Waals surface area contributed by atoms with Gasteiger partial charge in [-0.15, -0.1) is 0 Å². The molecule has 0 radical (unpaired) electrons. The van der Waals surface area contributed by atoms with Crippen LogP contribution in [0.25, 0.3) is 0 Å². The molecule has 2 aliphatic heterocycles. The first-order valence-electron chi connectivity index (χ1n) is 5.78. The Bertz CT molecular complexity index is 391. The standard InChI is InChI=1S/C13H17NO2/c1-14-6-9-8-16-12-5-3-4-11(15-2)13(12)10(9)7-14/h3-5,9-10H,6-8H2,1-2H3/t9-,10-/m1/s1. The van der Waals surface area contributed by atoms with Crippen LogP contribution in [0, 0.1) is 5.92 Å². The number of ether oxygens (including phenoxy) is 2. The van der Waals surface area contributed by atoms with Crippen molar-refractivity contribution in [1.29, 1.82) is 0 Å². The largest absolute Gasteiger partial charge is 0.496 e. The number of hydrogen-bond acceptors (Lipinski definition) is 3. The molecule has 0 spiro atoms. The Morgan fingerprint density at radius 3 is 3.06 bits per heavy atom. The molecule has 0 bridgehead atoms. The van der Waals surface area contributed by atoms with Crippen molar-refractivity contribution in [2.75, 3.05) is 33.9 Å². The van der Waals surface area contributed by atoms with Crippen molar-refractivity contribution >= 4 is 0 Å². The molecule has 0 N–H and O–H groups in total. The molecule has 3 nitrogen and oxygen atoms in total. The normalized spacial score (nSPS) is 28.1. The Morgan fingerprint density at radius 2 is 2.25 bits per heavy atom. The lowest BCUT2D eigenvalue weighted by Crippen LogP contribution is -2.25. The lowest BCUT2D eigenvalue weighted by molar-refractivity contribution is 0.211. The van der Waals surface area contributed by atoms with Crippen LogP contribution < -0.4 is 9.47 Å². The number of rotatable bonds is 1. The third kappa shape index (κ3) is 1.39. The van der Waals surface area contributed by atoms with E-state index in [2.05, 4.69) is 11.9 Å². The van der Waals surface area contributed by atoms with Crippen LogP contribution >= 0.6 is 0 Å². The van der Waals surface area contributed by atoms with Gasteiger partial charge in [0.15, 0.2) is 0 Å². The summed E-state index contributed by atoms with van der Waals surface area (Å²) in [4.78, 5) is 2.38. The highest BCUT2D eigenvalue weighted by atomic mass is 16.5. The van der Waals surface area contributed by atoms with E-state index in [0.29, 0.717) is 11.8 Å². The maximum absolute atomic E-state index is 5.82. The molecule has 3 rings (SSSR count). The third-order valence-electron chi connectivity index (χ3n) is 3.69. The Morgan fingerprint density at radius 1 is 1.38 bits per heavy atom. The number of nitrogens with zero attached hydrogens (tertiary/aromatic N) is 1. The molecule has 0 aliphatic carbocycles. The Balaban J connectivity index is 2.06. The van der Waals surface area contributed by atoms with Crippen LogP contribution in [-0.2, 0) is 0 Å². The summed E-state index contributed by atoms with van der Waals surface area (Å²) in [6.45, 7) is 3.08. The van der Waals surface area contributed by atoms with Crippen molar-refractivity contribution in [2.45, 2.75) is 5.92 Å². The van der Waals surface area contributed by atoms with Gasteiger partial charge in [-0.1, -0.05) is 6.07 Å². The van der Waals surface area contributed by atoms with Crippen LogP contribution in [0.5, 0.6) is 11.5 Å². The smallest absolute Gasteiger partial charge is 0.126 e. The molecule has 1 fully saturated rings. The molecule has 86 valence electrons. The molecule has 2 atom stereocenters. The van der Waals surface area contributed by atoms with Gasteiger partial charge in [-0.3, -0.25) is 0 Å². The van der Waals surface area contributed by atoms with Gasteiger partial charge in [0.1, 0.15) is 11.5 Å². The highest BCUT2D eigenvalue weighted by Crippen LogP contribution is 2.45. The van der Waals surface area contributed by atoms with Gasteiger partial charge in [-0.05, 0) is 19.2 Å². The summed E-state index contributed by atoms with van der Waals surface area (Å²) in [6.07, 6.45) is 0. The number of fused-ring (bicyclic) bond motifs is 3. The number of methoxy groups -OCH3 is 1. The van der Waals surface area contributed by atoms with E-state index in [4.69, 9.17) is 9.47 Å². The second-order valence-corrected chi connectivity index (χ2v) is 4.77. The number of likely N-dealkylation sites (N-methyl/N-ethyl adjacent to an activating group) is 1. The lowest BCUT2D eigenvalue weighted by atomic mass is 9.86. The first-order valence-corrected chi connectivity index (χ1v) is 5.78. The first-order chi connectivity index (χ1) is 7.79. The van der Waals surface area contributed by atoms with Gasteiger partial charge in [0.25, 0.3) is 0 Å². The van der Waals surface area contributed by atoms with Gasteiger partial charge < -0.3 is 14.4 Å². The van der Waals surface area contributed by atoms with Gasteiger partial charge >= 0.3 is 0 Å². The third-order valence-corrected chi connectivity index (χ3v) is 3.69. The number of likely N-dealkylation sites (tertiary alicyclic amines) is 1. The summed E-state index contributed by atoms with van der Waals surface area (Å²) < 4.78 is 11.3. The van der Waals surface area contributed by atoms with E-state index >= 15 is 0 Å². The van der Waals surface area contributed by atoms with Crippen molar-refractivity contribution in [2.24, 2.45) is 5.92 Å². The van der Waals surface area contributed by atoms with Crippen molar-refractivity contribution < 1.29 is 9.47 Å². The summed E-state index contributed by atoms with van der Waals surface area (Å²) in [7, 11) is 3.91. The zero-order chi connectivity index (χ0) is 11.1. The SMILES string of the molecule is COc1cccc2c1[C@@H]1CN(C)C[C@@H]1CO2. The molecule has 1 aromatic carbocycles.